The lowest BCUT2D eigenvalue weighted by atomic mass is 10.1. The van der Waals surface area contributed by atoms with Crippen LogP contribution in [-0.4, -0.2) is 35.6 Å². The number of nitrogens with one attached hydrogen (secondary N) is 1. The molecule has 0 aliphatic carbocycles. The van der Waals surface area contributed by atoms with Crippen LogP contribution in [0.15, 0.2) is 24.3 Å². The second-order valence-corrected chi connectivity index (χ2v) is 9.18. The van der Waals surface area contributed by atoms with E-state index in [2.05, 4.69) is 5.32 Å². The van der Waals surface area contributed by atoms with Crippen LogP contribution in [0.2, 0.25) is 0 Å². The highest BCUT2D eigenvalue weighted by atomic mass is 32.1. The van der Waals surface area contributed by atoms with E-state index in [1.165, 1.54) is 0 Å². The fourth-order valence-electron chi connectivity index (χ4n) is 3.81. The van der Waals surface area contributed by atoms with E-state index in [4.69, 9.17) is 9.47 Å². The lowest BCUT2D eigenvalue weighted by Gasteiger charge is -2.10. The van der Waals surface area contributed by atoms with Crippen molar-refractivity contribution in [1.82, 2.24) is 4.57 Å². The van der Waals surface area contributed by atoms with Crippen LogP contribution < -0.4 is 5.32 Å². The first-order valence-corrected chi connectivity index (χ1v) is 11.9. The number of aromatic nitrogens is 1. The maximum absolute atomic E-state index is 13.4. The predicted octanol–water partition coefficient (Wildman–Crippen LogP) is 5.58. The normalized spacial score (nSPS) is 11.1. The van der Waals surface area contributed by atoms with Crippen LogP contribution in [0.25, 0.3) is 10.9 Å². The summed E-state index contributed by atoms with van der Waals surface area (Å²) in [6.07, 6.45) is 0. The van der Waals surface area contributed by atoms with E-state index in [0.29, 0.717) is 17.8 Å². The summed E-state index contributed by atoms with van der Waals surface area (Å²) >= 11 is 1.03. The summed E-state index contributed by atoms with van der Waals surface area (Å²) in [5, 5.41) is 4.15. The first-order chi connectivity index (χ1) is 15.7. The van der Waals surface area contributed by atoms with Gasteiger partial charge in [0.1, 0.15) is 15.6 Å². The Balaban J connectivity index is 2.04. The number of fused-ring (bicyclic) bond motifs is 1. The highest BCUT2D eigenvalue weighted by molar-refractivity contribution is 7.18. The SMILES string of the molecule is CCOC(=O)c1c(NC(=O)c2c(C)c3ccccc3n2CC)sc(C(=O)OCC(C)C)c1C. The molecule has 0 spiro atoms. The van der Waals surface area contributed by atoms with Gasteiger partial charge in [0.15, 0.2) is 0 Å². The second kappa shape index (κ2) is 10.2. The van der Waals surface area contributed by atoms with Gasteiger partial charge in [0.2, 0.25) is 0 Å². The minimum Gasteiger partial charge on any atom is -0.462 e. The number of esters is 2. The zero-order chi connectivity index (χ0) is 24.3. The zero-order valence-electron chi connectivity index (χ0n) is 19.9. The van der Waals surface area contributed by atoms with Crippen molar-refractivity contribution in [3.63, 3.8) is 0 Å². The Morgan fingerprint density at radius 1 is 1.03 bits per heavy atom. The van der Waals surface area contributed by atoms with Gasteiger partial charge < -0.3 is 19.4 Å². The molecule has 0 fully saturated rings. The van der Waals surface area contributed by atoms with Crippen LogP contribution in [0, 0.1) is 19.8 Å². The van der Waals surface area contributed by atoms with Crippen molar-refractivity contribution in [3.8, 4) is 0 Å². The molecule has 0 saturated heterocycles. The molecule has 2 heterocycles. The van der Waals surface area contributed by atoms with Gasteiger partial charge in [0.05, 0.1) is 18.8 Å². The van der Waals surface area contributed by atoms with Gasteiger partial charge in [-0.3, -0.25) is 4.79 Å². The van der Waals surface area contributed by atoms with E-state index in [1.807, 2.05) is 56.5 Å². The molecule has 0 bridgehead atoms. The second-order valence-electron chi connectivity index (χ2n) is 8.16. The van der Waals surface area contributed by atoms with Crippen molar-refractivity contribution in [3.05, 3.63) is 51.5 Å². The number of rotatable bonds is 8. The number of thiophene rings is 1. The predicted molar refractivity (Wildman–Crippen MR) is 130 cm³/mol. The molecule has 176 valence electrons. The Morgan fingerprint density at radius 2 is 1.73 bits per heavy atom. The molecule has 0 atom stereocenters. The Morgan fingerprint density at radius 3 is 2.36 bits per heavy atom. The molecule has 3 rings (SSSR count). The summed E-state index contributed by atoms with van der Waals surface area (Å²) in [5.74, 6) is -1.27. The largest absolute Gasteiger partial charge is 0.462 e. The van der Waals surface area contributed by atoms with Gasteiger partial charge in [0.25, 0.3) is 5.91 Å². The number of benzene rings is 1. The van der Waals surface area contributed by atoms with E-state index in [1.54, 1.807) is 13.8 Å². The van der Waals surface area contributed by atoms with Gasteiger partial charge in [-0.1, -0.05) is 32.0 Å². The van der Waals surface area contributed by atoms with Crippen LogP contribution in [-0.2, 0) is 16.0 Å². The number of para-hydroxylation sites is 1. The third-order valence-corrected chi connectivity index (χ3v) is 6.53. The van der Waals surface area contributed by atoms with Crippen LogP contribution in [0.4, 0.5) is 5.00 Å². The Kier molecular flexibility index (Phi) is 7.58. The number of aryl methyl sites for hydroxylation is 2. The smallest absolute Gasteiger partial charge is 0.348 e. The van der Waals surface area contributed by atoms with Crippen molar-refractivity contribution < 1.29 is 23.9 Å². The molecule has 0 aliphatic heterocycles. The topological polar surface area (TPSA) is 86.6 Å². The third-order valence-electron chi connectivity index (χ3n) is 5.34. The molecule has 1 amide bonds. The monoisotopic (exact) mass is 470 g/mol. The first-order valence-electron chi connectivity index (χ1n) is 11.1. The average molecular weight is 471 g/mol. The summed E-state index contributed by atoms with van der Waals surface area (Å²) in [6, 6.07) is 7.83. The summed E-state index contributed by atoms with van der Waals surface area (Å²) < 4.78 is 12.5. The molecule has 7 nitrogen and oxygen atoms in total. The number of hydrogen-bond donors (Lipinski definition) is 1. The van der Waals surface area contributed by atoms with Gasteiger partial charge in [-0.05, 0) is 50.8 Å². The number of carbonyl (C=O) groups excluding carboxylic acids is 3. The van der Waals surface area contributed by atoms with Crippen molar-refractivity contribution in [2.75, 3.05) is 18.5 Å². The molecular formula is C25H30N2O5S. The van der Waals surface area contributed by atoms with Crippen LogP contribution >= 0.6 is 11.3 Å². The Labute approximate surface area is 197 Å². The molecule has 8 heteroatoms. The van der Waals surface area contributed by atoms with E-state index in [9.17, 15) is 14.4 Å². The van der Waals surface area contributed by atoms with Gasteiger partial charge in [-0.25, -0.2) is 9.59 Å². The number of nitrogens with zero attached hydrogens (tertiary/aromatic N) is 1. The van der Waals surface area contributed by atoms with E-state index in [-0.39, 0.29) is 40.5 Å². The average Bonchev–Trinajstić information content (AvgIpc) is 3.26. The van der Waals surface area contributed by atoms with Crippen molar-refractivity contribution >= 4 is 45.1 Å². The number of ether oxygens (including phenoxy) is 2. The minimum absolute atomic E-state index is 0.178. The first kappa shape index (κ1) is 24.5. The number of anilines is 1. The van der Waals surface area contributed by atoms with Gasteiger partial charge >= 0.3 is 11.9 Å². The van der Waals surface area contributed by atoms with Crippen LogP contribution in [0.3, 0.4) is 0 Å². The van der Waals surface area contributed by atoms with Crippen LogP contribution in [0.1, 0.15) is 69.3 Å². The van der Waals surface area contributed by atoms with E-state index < -0.39 is 11.9 Å². The number of hydrogen-bond acceptors (Lipinski definition) is 6. The highest BCUT2D eigenvalue weighted by Crippen LogP contribution is 2.35. The summed E-state index contributed by atoms with van der Waals surface area (Å²) in [4.78, 5) is 39.1. The maximum Gasteiger partial charge on any atom is 0.348 e. The summed E-state index contributed by atoms with van der Waals surface area (Å²) in [7, 11) is 0. The van der Waals surface area contributed by atoms with Crippen molar-refractivity contribution in [2.45, 2.75) is 48.1 Å². The third kappa shape index (κ3) is 4.80. The minimum atomic E-state index is -0.586. The van der Waals surface area contributed by atoms with Gasteiger partial charge in [-0.15, -0.1) is 11.3 Å². The molecule has 0 unspecified atom stereocenters. The highest BCUT2D eigenvalue weighted by Gasteiger charge is 2.29. The molecule has 33 heavy (non-hydrogen) atoms. The molecular weight excluding hydrogens is 440 g/mol. The van der Waals surface area contributed by atoms with E-state index in [0.717, 1.165) is 27.8 Å². The number of carbonyl (C=O) groups is 3. The number of amides is 1. The maximum atomic E-state index is 13.4. The van der Waals surface area contributed by atoms with Crippen molar-refractivity contribution in [1.29, 1.82) is 0 Å². The molecule has 0 saturated carbocycles. The molecule has 1 N–H and O–H groups in total. The van der Waals surface area contributed by atoms with Crippen molar-refractivity contribution in [2.24, 2.45) is 5.92 Å². The summed E-state index contributed by atoms with van der Waals surface area (Å²) in [5.41, 5.74) is 2.96. The quantitative estimate of drug-likeness (QED) is 0.434. The molecule has 3 aromatic rings. The van der Waals surface area contributed by atoms with Gasteiger partial charge in [0, 0.05) is 17.4 Å². The molecule has 0 aliphatic rings. The molecule has 1 aromatic carbocycles. The lowest BCUT2D eigenvalue weighted by molar-refractivity contribution is 0.0464. The lowest BCUT2D eigenvalue weighted by Crippen LogP contribution is -2.19. The molecule has 2 aromatic heterocycles. The zero-order valence-corrected chi connectivity index (χ0v) is 20.7. The fourth-order valence-corrected chi connectivity index (χ4v) is 4.90. The Bertz CT molecular complexity index is 1210. The summed E-state index contributed by atoms with van der Waals surface area (Å²) in [6.45, 7) is 12.2. The molecule has 0 radical (unpaired) electrons. The van der Waals surface area contributed by atoms with Crippen LogP contribution in [0.5, 0.6) is 0 Å². The fraction of sp³-hybridized carbons (Fsp3) is 0.400. The Hall–Kier alpha value is -3.13. The van der Waals surface area contributed by atoms with E-state index >= 15 is 0 Å². The van der Waals surface area contributed by atoms with Gasteiger partial charge in [-0.2, -0.15) is 0 Å². The standard InChI is InChI=1S/C25H30N2O5S/c1-7-27-18-12-10-9-11-17(18)15(5)20(27)22(28)26-23-19(24(29)31-8-2)16(6)21(33-23)25(30)32-13-14(3)4/h9-12,14H,7-8,13H2,1-6H3,(H,26,28).